The maximum Gasteiger partial charge on any atom is 0.311 e. The molecule has 0 aromatic heterocycles. The first-order valence-electron chi connectivity index (χ1n) is 5.93. The van der Waals surface area contributed by atoms with Gasteiger partial charge in [-0.15, -0.1) is 0 Å². The Bertz CT molecular complexity index is 481. The van der Waals surface area contributed by atoms with E-state index in [1.807, 2.05) is 6.92 Å². The molecule has 1 aliphatic carbocycles. The Hall–Kier alpha value is -1.37. The van der Waals surface area contributed by atoms with Crippen molar-refractivity contribution in [3.8, 4) is 5.75 Å². The highest BCUT2D eigenvalue weighted by atomic mass is 35.5. The molecule has 1 N–H and O–H groups in total. The minimum atomic E-state index is -0.594. The predicted molar refractivity (Wildman–Crippen MR) is 68.6 cm³/mol. The van der Waals surface area contributed by atoms with Crippen LogP contribution in [0.25, 0.3) is 0 Å². The lowest BCUT2D eigenvalue weighted by Gasteiger charge is -2.40. The Morgan fingerprint density at radius 3 is 2.89 bits per heavy atom. The van der Waals surface area contributed by atoms with Gasteiger partial charge >= 0.3 is 5.69 Å². The summed E-state index contributed by atoms with van der Waals surface area (Å²) in [6, 6.07) is 4.12. The van der Waals surface area contributed by atoms with Crippen molar-refractivity contribution in [1.29, 1.82) is 0 Å². The second-order valence-electron chi connectivity index (χ2n) is 4.25. The number of rotatable bonds is 5. The van der Waals surface area contributed by atoms with Crippen molar-refractivity contribution >= 4 is 17.3 Å². The van der Waals surface area contributed by atoms with E-state index in [2.05, 4.69) is 0 Å². The van der Waals surface area contributed by atoms with Crippen LogP contribution in [0.3, 0.4) is 0 Å². The van der Waals surface area contributed by atoms with Crippen molar-refractivity contribution in [2.75, 3.05) is 6.61 Å². The van der Waals surface area contributed by atoms with Crippen LogP contribution in [0.4, 0.5) is 5.69 Å². The molecule has 19 heavy (non-hydrogen) atoms. The fraction of sp³-hybridized carbons (Fsp3) is 0.500. The Kier molecular flexibility index (Phi) is 4.24. The number of ether oxygens (including phenoxy) is 2. The SMILES string of the molecule is CCOC1C(O)CC1Oc1cc(Cl)ccc1[N+](=O)[O-]. The molecule has 0 radical (unpaired) electrons. The molecule has 0 saturated heterocycles. The number of aliphatic hydroxyl groups excluding tert-OH is 1. The molecule has 6 nitrogen and oxygen atoms in total. The summed E-state index contributed by atoms with van der Waals surface area (Å²) in [7, 11) is 0. The number of nitro benzene ring substituents is 1. The normalized spacial score (nSPS) is 25.7. The molecule has 1 fully saturated rings. The number of nitro groups is 1. The first-order chi connectivity index (χ1) is 9.02. The zero-order valence-corrected chi connectivity index (χ0v) is 11.0. The van der Waals surface area contributed by atoms with Crippen molar-refractivity contribution in [2.24, 2.45) is 0 Å². The van der Waals surface area contributed by atoms with Crippen LogP contribution < -0.4 is 4.74 Å². The number of nitrogens with zero attached hydrogens (tertiary/aromatic N) is 1. The summed E-state index contributed by atoms with van der Waals surface area (Å²) >= 11 is 5.81. The number of benzene rings is 1. The van der Waals surface area contributed by atoms with Crippen molar-refractivity contribution in [3.63, 3.8) is 0 Å². The van der Waals surface area contributed by atoms with E-state index < -0.39 is 23.2 Å². The van der Waals surface area contributed by atoms with Gasteiger partial charge in [0.05, 0.1) is 11.0 Å². The highest BCUT2D eigenvalue weighted by Crippen LogP contribution is 2.35. The lowest BCUT2D eigenvalue weighted by Crippen LogP contribution is -2.55. The molecule has 0 spiro atoms. The number of halogens is 1. The molecular formula is C12H14ClNO5. The summed E-state index contributed by atoms with van der Waals surface area (Å²) < 4.78 is 10.9. The van der Waals surface area contributed by atoms with E-state index in [1.165, 1.54) is 18.2 Å². The van der Waals surface area contributed by atoms with E-state index in [9.17, 15) is 15.2 Å². The average Bonchev–Trinajstić information content (AvgIpc) is 2.35. The lowest BCUT2D eigenvalue weighted by molar-refractivity contribution is -0.386. The van der Waals surface area contributed by atoms with E-state index in [4.69, 9.17) is 21.1 Å². The maximum atomic E-state index is 10.9. The van der Waals surface area contributed by atoms with Gasteiger partial charge in [0.25, 0.3) is 0 Å². The van der Waals surface area contributed by atoms with Crippen LogP contribution in [-0.4, -0.2) is 34.9 Å². The van der Waals surface area contributed by atoms with E-state index >= 15 is 0 Å². The van der Waals surface area contributed by atoms with E-state index in [0.29, 0.717) is 18.1 Å². The molecule has 0 aliphatic heterocycles. The van der Waals surface area contributed by atoms with E-state index in [1.54, 1.807) is 0 Å². The Morgan fingerprint density at radius 2 is 2.32 bits per heavy atom. The van der Waals surface area contributed by atoms with Crippen LogP contribution in [0.5, 0.6) is 5.75 Å². The largest absolute Gasteiger partial charge is 0.480 e. The Morgan fingerprint density at radius 1 is 1.58 bits per heavy atom. The van der Waals surface area contributed by atoms with Crippen molar-refractivity contribution in [1.82, 2.24) is 0 Å². The summed E-state index contributed by atoms with van der Waals surface area (Å²) in [6.45, 7) is 2.25. The third-order valence-corrected chi connectivity index (χ3v) is 3.21. The molecule has 1 aromatic carbocycles. The molecule has 7 heteroatoms. The third-order valence-electron chi connectivity index (χ3n) is 2.98. The first-order valence-corrected chi connectivity index (χ1v) is 6.31. The highest BCUT2D eigenvalue weighted by Gasteiger charge is 2.43. The predicted octanol–water partition coefficient (Wildman–Crippen LogP) is 2.17. The molecular weight excluding hydrogens is 274 g/mol. The molecule has 104 valence electrons. The summed E-state index contributed by atoms with van der Waals surface area (Å²) in [4.78, 5) is 10.4. The van der Waals surface area contributed by atoms with Gasteiger partial charge in [0.2, 0.25) is 0 Å². The summed E-state index contributed by atoms with van der Waals surface area (Å²) in [5.74, 6) is 0.0964. The van der Waals surface area contributed by atoms with Gasteiger partial charge in [-0.3, -0.25) is 10.1 Å². The zero-order valence-electron chi connectivity index (χ0n) is 10.3. The highest BCUT2D eigenvalue weighted by molar-refractivity contribution is 6.30. The van der Waals surface area contributed by atoms with Crippen molar-refractivity contribution in [3.05, 3.63) is 33.3 Å². The zero-order chi connectivity index (χ0) is 14.0. The molecule has 0 amide bonds. The van der Waals surface area contributed by atoms with Gasteiger partial charge < -0.3 is 14.6 Å². The average molecular weight is 288 g/mol. The van der Waals surface area contributed by atoms with Gasteiger partial charge in [-0.2, -0.15) is 0 Å². The number of hydrogen-bond donors (Lipinski definition) is 1. The van der Waals surface area contributed by atoms with Crippen LogP contribution in [0.2, 0.25) is 5.02 Å². The van der Waals surface area contributed by atoms with Crippen molar-refractivity contribution in [2.45, 2.75) is 31.7 Å². The number of aliphatic hydroxyl groups is 1. The standard InChI is InChI=1S/C12H14ClNO5/c1-2-18-12-9(15)6-11(12)19-10-5-7(13)3-4-8(10)14(16)17/h3-5,9,11-12,15H,2,6H2,1H3. The van der Waals surface area contributed by atoms with Crippen LogP contribution >= 0.6 is 11.6 Å². The van der Waals surface area contributed by atoms with Crippen molar-refractivity contribution < 1.29 is 19.5 Å². The topological polar surface area (TPSA) is 81.8 Å². The Balaban J connectivity index is 2.15. The van der Waals surface area contributed by atoms with E-state index in [0.717, 1.165) is 0 Å². The molecule has 2 rings (SSSR count). The minimum Gasteiger partial charge on any atom is -0.480 e. The molecule has 1 aromatic rings. The maximum absolute atomic E-state index is 10.9. The smallest absolute Gasteiger partial charge is 0.311 e. The fourth-order valence-corrected chi connectivity index (χ4v) is 2.14. The fourth-order valence-electron chi connectivity index (χ4n) is 1.98. The molecule has 0 heterocycles. The van der Waals surface area contributed by atoms with Gasteiger partial charge in [-0.25, -0.2) is 0 Å². The monoisotopic (exact) mass is 287 g/mol. The second kappa shape index (κ2) is 5.73. The molecule has 3 unspecified atom stereocenters. The van der Waals surface area contributed by atoms with Gasteiger partial charge in [0, 0.05) is 30.2 Å². The number of hydrogen-bond acceptors (Lipinski definition) is 5. The van der Waals surface area contributed by atoms with Crippen LogP contribution in [0, 0.1) is 10.1 Å². The van der Waals surface area contributed by atoms with Crippen LogP contribution in [0.1, 0.15) is 13.3 Å². The van der Waals surface area contributed by atoms with Gasteiger partial charge in [-0.05, 0) is 13.0 Å². The van der Waals surface area contributed by atoms with Crippen LogP contribution in [0.15, 0.2) is 18.2 Å². The quantitative estimate of drug-likeness (QED) is 0.663. The van der Waals surface area contributed by atoms with E-state index in [-0.39, 0.29) is 11.4 Å². The molecule has 1 saturated carbocycles. The van der Waals surface area contributed by atoms with Gasteiger partial charge in [0.15, 0.2) is 5.75 Å². The lowest BCUT2D eigenvalue weighted by atomic mass is 9.88. The third kappa shape index (κ3) is 2.97. The summed E-state index contributed by atoms with van der Waals surface area (Å²) in [5.41, 5.74) is -0.152. The van der Waals surface area contributed by atoms with Crippen LogP contribution in [-0.2, 0) is 4.74 Å². The Labute approximate surface area is 115 Å². The first kappa shape index (κ1) is 14.0. The molecule has 3 atom stereocenters. The second-order valence-corrected chi connectivity index (χ2v) is 4.68. The summed E-state index contributed by atoms with van der Waals surface area (Å²) in [6.07, 6.45) is -1.06. The molecule has 0 bridgehead atoms. The summed E-state index contributed by atoms with van der Waals surface area (Å²) in [5, 5.41) is 20.8. The van der Waals surface area contributed by atoms with Gasteiger partial charge in [-0.1, -0.05) is 11.6 Å². The minimum absolute atomic E-state index is 0.0964. The molecule has 1 aliphatic rings. The van der Waals surface area contributed by atoms with Gasteiger partial charge in [0.1, 0.15) is 12.2 Å².